The van der Waals surface area contributed by atoms with E-state index < -0.39 is 0 Å². The molecule has 2 amide bonds. The second kappa shape index (κ2) is 8.03. The van der Waals surface area contributed by atoms with Gasteiger partial charge in [0, 0.05) is 64.9 Å². The van der Waals surface area contributed by atoms with E-state index in [0.717, 1.165) is 24.3 Å². The van der Waals surface area contributed by atoms with Gasteiger partial charge in [0.25, 0.3) is 0 Å². The molecule has 26 heavy (non-hydrogen) atoms. The fourth-order valence-corrected chi connectivity index (χ4v) is 3.04. The Labute approximate surface area is 153 Å². The van der Waals surface area contributed by atoms with E-state index in [1.807, 2.05) is 18.2 Å². The maximum Gasteiger partial charge on any atom is 0.317 e. The van der Waals surface area contributed by atoms with Crippen molar-refractivity contribution in [3.8, 4) is 0 Å². The Morgan fingerprint density at radius 3 is 2.46 bits per heavy atom. The van der Waals surface area contributed by atoms with Gasteiger partial charge in [-0.15, -0.1) is 0 Å². The number of carbonyl (C=O) groups is 1. The molecule has 1 aliphatic heterocycles. The summed E-state index contributed by atoms with van der Waals surface area (Å²) in [6, 6.07) is 8.86. The predicted octanol–water partition coefficient (Wildman–Crippen LogP) is 2.32. The summed E-state index contributed by atoms with van der Waals surface area (Å²) in [7, 11) is 3.59. The number of rotatable bonds is 4. The maximum atomic E-state index is 14.0. The van der Waals surface area contributed by atoms with E-state index in [1.165, 1.54) is 6.07 Å². The highest BCUT2D eigenvalue weighted by Crippen LogP contribution is 2.18. The van der Waals surface area contributed by atoms with Crippen LogP contribution in [0.2, 0.25) is 0 Å². The van der Waals surface area contributed by atoms with Crippen LogP contribution in [0, 0.1) is 5.82 Å². The van der Waals surface area contributed by atoms with Gasteiger partial charge in [-0.1, -0.05) is 6.07 Å². The lowest BCUT2D eigenvalue weighted by Crippen LogP contribution is -2.51. The van der Waals surface area contributed by atoms with Crippen molar-refractivity contribution in [2.45, 2.75) is 6.54 Å². The summed E-state index contributed by atoms with van der Waals surface area (Å²) in [5.41, 5.74) is 2.40. The molecule has 3 rings (SSSR count). The zero-order chi connectivity index (χ0) is 18.5. The molecule has 0 spiro atoms. The number of aromatic nitrogens is 1. The third kappa shape index (κ3) is 4.22. The Morgan fingerprint density at radius 2 is 1.85 bits per heavy atom. The Balaban J connectivity index is 1.50. The van der Waals surface area contributed by atoms with E-state index in [0.29, 0.717) is 25.3 Å². The Hall–Kier alpha value is -2.83. The van der Waals surface area contributed by atoms with E-state index in [1.54, 1.807) is 42.4 Å². The number of urea groups is 1. The molecule has 1 saturated heterocycles. The molecule has 2 heterocycles. The molecule has 7 heteroatoms. The van der Waals surface area contributed by atoms with Crippen molar-refractivity contribution < 1.29 is 9.18 Å². The number of amides is 2. The van der Waals surface area contributed by atoms with Crippen LogP contribution >= 0.6 is 0 Å². The summed E-state index contributed by atoms with van der Waals surface area (Å²) >= 11 is 0. The average molecular weight is 357 g/mol. The van der Waals surface area contributed by atoms with Crippen LogP contribution in [0.5, 0.6) is 0 Å². The van der Waals surface area contributed by atoms with Crippen LogP contribution in [-0.4, -0.2) is 56.2 Å². The molecule has 0 aliphatic carbocycles. The molecule has 6 nitrogen and oxygen atoms in total. The zero-order valence-corrected chi connectivity index (χ0v) is 15.2. The molecule has 1 aromatic heterocycles. The molecule has 1 fully saturated rings. The summed E-state index contributed by atoms with van der Waals surface area (Å²) in [5, 5.41) is 2.88. The first-order valence-corrected chi connectivity index (χ1v) is 8.68. The van der Waals surface area contributed by atoms with Crippen molar-refractivity contribution in [2.75, 3.05) is 50.1 Å². The van der Waals surface area contributed by atoms with Crippen LogP contribution in [-0.2, 0) is 6.54 Å². The molecule has 0 radical (unpaired) electrons. The number of carbonyl (C=O) groups excluding carboxylic acids is 1. The van der Waals surface area contributed by atoms with Crippen molar-refractivity contribution in [1.82, 2.24) is 15.2 Å². The second-order valence-electron chi connectivity index (χ2n) is 6.52. The van der Waals surface area contributed by atoms with Gasteiger partial charge in [0.1, 0.15) is 5.82 Å². The zero-order valence-electron chi connectivity index (χ0n) is 15.2. The number of hydrogen-bond acceptors (Lipinski definition) is 4. The van der Waals surface area contributed by atoms with E-state index in [-0.39, 0.29) is 11.8 Å². The van der Waals surface area contributed by atoms with Crippen molar-refractivity contribution >= 4 is 17.4 Å². The first-order chi connectivity index (χ1) is 12.5. The highest BCUT2D eigenvalue weighted by Gasteiger charge is 2.21. The lowest BCUT2D eigenvalue weighted by molar-refractivity contribution is 0.194. The molecule has 138 valence electrons. The minimum Gasteiger partial charge on any atom is -0.375 e. The van der Waals surface area contributed by atoms with Gasteiger partial charge in [-0.3, -0.25) is 4.98 Å². The van der Waals surface area contributed by atoms with Crippen LogP contribution in [0.15, 0.2) is 42.7 Å². The molecule has 1 N–H and O–H groups in total. The summed E-state index contributed by atoms with van der Waals surface area (Å²) in [6.07, 6.45) is 3.55. The third-order valence-electron chi connectivity index (χ3n) is 4.53. The lowest BCUT2D eigenvalue weighted by atomic mass is 10.2. The summed E-state index contributed by atoms with van der Waals surface area (Å²) < 4.78 is 14.0. The largest absolute Gasteiger partial charge is 0.375 e. The number of hydrogen-bond donors (Lipinski definition) is 1. The average Bonchev–Trinajstić information content (AvgIpc) is 2.66. The van der Waals surface area contributed by atoms with Gasteiger partial charge in [0.2, 0.25) is 0 Å². The summed E-state index contributed by atoms with van der Waals surface area (Å²) in [6.45, 7) is 3.19. The van der Waals surface area contributed by atoms with E-state index in [9.17, 15) is 9.18 Å². The number of pyridine rings is 1. The highest BCUT2D eigenvalue weighted by atomic mass is 19.1. The van der Waals surface area contributed by atoms with Crippen molar-refractivity contribution in [1.29, 1.82) is 0 Å². The molecule has 0 unspecified atom stereocenters. The fourth-order valence-electron chi connectivity index (χ4n) is 3.04. The number of nitrogens with one attached hydrogen (secondary N) is 1. The highest BCUT2D eigenvalue weighted by molar-refractivity contribution is 5.74. The van der Waals surface area contributed by atoms with Gasteiger partial charge in [-0.25, -0.2) is 9.18 Å². The molecule has 2 aromatic rings. The first-order valence-electron chi connectivity index (χ1n) is 8.68. The topological polar surface area (TPSA) is 51.7 Å². The van der Waals surface area contributed by atoms with Crippen LogP contribution in [0.4, 0.5) is 20.6 Å². The van der Waals surface area contributed by atoms with Crippen molar-refractivity contribution in [2.24, 2.45) is 0 Å². The molecule has 0 bridgehead atoms. The van der Waals surface area contributed by atoms with E-state index in [4.69, 9.17) is 0 Å². The molecule has 0 atom stereocenters. The quantitative estimate of drug-likeness (QED) is 0.912. The number of nitrogens with zero attached hydrogens (tertiary/aromatic N) is 4. The minimum atomic E-state index is -0.285. The van der Waals surface area contributed by atoms with Gasteiger partial charge in [-0.2, -0.15) is 0 Å². The van der Waals surface area contributed by atoms with Crippen LogP contribution < -0.4 is 15.1 Å². The first kappa shape index (κ1) is 18.0. The smallest absolute Gasteiger partial charge is 0.317 e. The summed E-state index contributed by atoms with van der Waals surface area (Å²) in [5.74, 6) is -0.285. The minimum absolute atomic E-state index is 0.114. The number of anilines is 2. The molecule has 1 aromatic carbocycles. The Kier molecular flexibility index (Phi) is 5.55. The van der Waals surface area contributed by atoms with Gasteiger partial charge < -0.3 is 20.0 Å². The Bertz CT molecular complexity index is 745. The molecular weight excluding hydrogens is 333 g/mol. The maximum absolute atomic E-state index is 14.0. The second-order valence-corrected chi connectivity index (χ2v) is 6.52. The number of halogens is 1. The Morgan fingerprint density at radius 1 is 1.15 bits per heavy atom. The standard InChI is InChI=1S/C19H24FN5O/c1-23(2)18-4-3-15(13-17(18)20)14-22-19(26)25-11-9-24(10-12-25)16-5-7-21-8-6-16/h3-8,13H,9-12,14H2,1-2H3,(H,22,26). The molecular formula is C19H24FN5O. The van der Waals surface area contributed by atoms with Crippen molar-refractivity contribution in [3.63, 3.8) is 0 Å². The monoisotopic (exact) mass is 357 g/mol. The van der Waals surface area contributed by atoms with Crippen LogP contribution in [0.1, 0.15) is 5.56 Å². The van der Waals surface area contributed by atoms with E-state index in [2.05, 4.69) is 15.2 Å². The van der Waals surface area contributed by atoms with E-state index >= 15 is 0 Å². The van der Waals surface area contributed by atoms with Gasteiger partial charge >= 0.3 is 6.03 Å². The van der Waals surface area contributed by atoms with Gasteiger partial charge in [-0.05, 0) is 29.8 Å². The molecule has 1 aliphatic rings. The lowest BCUT2D eigenvalue weighted by Gasteiger charge is -2.36. The fraction of sp³-hybridized carbons (Fsp3) is 0.368. The van der Waals surface area contributed by atoms with Crippen LogP contribution in [0.25, 0.3) is 0 Å². The van der Waals surface area contributed by atoms with Gasteiger partial charge in [0.15, 0.2) is 0 Å². The number of piperazine rings is 1. The molecule has 0 saturated carbocycles. The SMILES string of the molecule is CN(C)c1ccc(CNC(=O)N2CCN(c3ccncc3)CC2)cc1F. The predicted molar refractivity (Wildman–Crippen MR) is 101 cm³/mol. The van der Waals surface area contributed by atoms with Gasteiger partial charge in [0.05, 0.1) is 5.69 Å². The van der Waals surface area contributed by atoms with Crippen molar-refractivity contribution in [3.05, 3.63) is 54.1 Å². The third-order valence-corrected chi connectivity index (χ3v) is 4.53. The normalized spacial score (nSPS) is 14.3. The van der Waals surface area contributed by atoms with Crippen LogP contribution in [0.3, 0.4) is 0 Å². The number of benzene rings is 1. The summed E-state index contributed by atoms with van der Waals surface area (Å²) in [4.78, 5) is 22.1.